The molecule has 0 aromatic heterocycles. The maximum Gasteiger partial charge on any atom is 0.490 e. The van der Waals surface area contributed by atoms with Crippen molar-refractivity contribution in [3.63, 3.8) is 0 Å². The Morgan fingerprint density at radius 1 is 0.952 bits per heavy atom. The van der Waals surface area contributed by atoms with Crippen molar-refractivity contribution in [1.82, 2.24) is 0 Å². The van der Waals surface area contributed by atoms with Gasteiger partial charge in [-0.3, -0.25) is 4.79 Å². The molecular formula is C14H25F3O4. The quantitative estimate of drug-likeness (QED) is 0.508. The van der Waals surface area contributed by atoms with Crippen LogP contribution in [0.4, 0.5) is 13.2 Å². The number of halogens is 3. The first-order valence-electron chi connectivity index (χ1n) is 7.21. The summed E-state index contributed by atoms with van der Waals surface area (Å²) in [5, 5.41) is 8.35. The number of alkyl halides is 3. The van der Waals surface area contributed by atoms with Crippen LogP contribution in [0.1, 0.15) is 65.2 Å². The van der Waals surface area contributed by atoms with Crippen LogP contribution in [0.25, 0.3) is 0 Å². The monoisotopic (exact) mass is 314 g/mol. The first-order valence-corrected chi connectivity index (χ1v) is 7.21. The molecule has 126 valence electrons. The molecule has 0 fully saturated rings. The third kappa shape index (κ3) is 18.7. The molecule has 0 saturated heterocycles. The van der Waals surface area contributed by atoms with Gasteiger partial charge in [0, 0.05) is 6.42 Å². The molecule has 0 aliphatic rings. The minimum atomic E-state index is -4.85. The lowest BCUT2D eigenvalue weighted by molar-refractivity contribution is -0.199. The summed E-state index contributed by atoms with van der Waals surface area (Å²) < 4.78 is 37.1. The summed E-state index contributed by atoms with van der Waals surface area (Å²) in [6.07, 6.45) is 3.79. The van der Waals surface area contributed by atoms with Crippen LogP contribution in [0, 0.1) is 0 Å². The molecule has 0 spiro atoms. The normalized spacial score (nSPS) is 10.5. The van der Waals surface area contributed by atoms with E-state index in [1.54, 1.807) is 0 Å². The van der Waals surface area contributed by atoms with Gasteiger partial charge in [0.1, 0.15) is 0 Å². The largest absolute Gasteiger partial charge is 0.490 e. The molecule has 7 heteroatoms. The van der Waals surface area contributed by atoms with Crippen molar-refractivity contribution in [2.24, 2.45) is 0 Å². The van der Waals surface area contributed by atoms with Gasteiger partial charge in [-0.1, -0.05) is 45.4 Å². The van der Waals surface area contributed by atoms with Crippen LogP contribution in [0.3, 0.4) is 0 Å². The fraction of sp³-hybridized carbons (Fsp3) is 0.857. The number of ether oxygens (including phenoxy) is 1. The highest BCUT2D eigenvalue weighted by Crippen LogP contribution is 2.15. The molecule has 21 heavy (non-hydrogen) atoms. The average Bonchev–Trinajstić information content (AvgIpc) is 2.37. The van der Waals surface area contributed by atoms with Crippen molar-refractivity contribution < 1.29 is 32.6 Å². The summed E-state index contributed by atoms with van der Waals surface area (Å²) in [6, 6.07) is 0. The summed E-state index contributed by atoms with van der Waals surface area (Å²) in [7, 11) is 0. The minimum absolute atomic E-state index is 0.252. The van der Waals surface area contributed by atoms with Crippen molar-refractivity contribution in [1.29, 1.82) is 0 Å². The van der Waals surface area contributed by atoms with Crippen LogP contribution in [0.15, 0.2) is 0 Å². The molecule has 0 aromatic rings. The molecule has 0 radical (unpaired) electrons. The van der Waals surface area contributed by atoms with E-state index in [2.05, 4.69) is 11.7 Å². The highest BCUT2D eigenvalue weighted by atomic mass is 19.4. The van der Waals surface area contributed by atoms with Crippen LogP contribution < -0.4 is 0 Å². The van der Waals surface area contributed by atoms with E-state index in [9.17, 15) is 22.8 Å². The Morgan fingerprint density at radius 2 is 1.43 bits per heavy atom. The molecule has 0 heterocycles. The second-order valence-corrected chi connectivity index (χ2v) is 4.48. The Kier molecular flexibility index (Phi) is 14.4. The molecule has 0 saturated carbocycles. The van der Waals surface area contributed by atoms with Gasteiger partial charge in [0.15, 0.2) is 0 Å². The lowest BCUT2D eigenvalue weighted by Crippen LogP contribution is -2.25. The number of carbonyl (C=O) groups is 2. The Hall–Kier alpha value is -1.27. The molecule has 0 atom stereocenters. The lowest BCUT2D eigenvalue weighted by atomic mass is 10.1. The first-order chi connectivity index (χ1) is 9.75. The first kappa shape index (κ1) is 22.0. The predicted molar refractivity (Wildman–Crippen MR) is 72.9 cm³/mol. The van der Waals surface area contributed by atoms with Gasteiger partial charge in [0.2, 0.25) is 0 Å². The minimum Gasteiger partial charge on any atom is -0.481 e. The van der Waals surface area contributed by atoms with E-state index in [1.165, 1.54) is 39.0 Å². The number of carboxylic acid groups (broad SMARTS) is 1. The van der Waals surface area contributed by atoms with Gasteiger partial charge in [-0.25, -0.2) is 4.79 Å². The van der Waals surface area contributed by atoms with E-state index < -0.39 is 18.1 Å². The Labute approximate surface area is 123 Å². The smallest absolute Gasteiger partial charge is 0.481 e. The number of hydrogen-bond donors (Lipinski definition) is 1. The molecule has 0 aliphatic heterocycles. The van der Waals surface area contributed by atoms with Crippen molar-refractivity contribution in [3.05, 3.63) is 0 Å². The summed E-state index contributed by atoms with van der Waals surface area (Å²) in [6.45, 7) is 3.26. The number of unbranched alkanes of at least 4 members (excludes halogenated alkanes) is 6. The van der Waals surface area contributed by atoms with E-state index in [4.69, 9.17) is 5.11 Å². The Balaban J connectivity index is 0. The number of esters is 1. The third-order valence-corrected chi connectivity index (χ3v) is 2.50. The second-order valence-electron chi connectivity index (χ2n) is 4.48. The summed E-state index contributed by atoms with van der Waals surface area (Å²) in [5.74, 6) is -2.80. The molecule has 4 nitrogen and oxygen atoms in total. The van der Waals surface area contributed by atoms with Gasteiger partial charge in [0.05, 0.1) is 6.61 Å². The molecule has 0 rings (SSSR count). The van der Waals surface area contributed by atoms with Gasteiger partial charge >= 0.3 is 18.1 Å². The SMILES string of the molecule is CCCCCCCCCC(=O)O.CCOC(=O)C(F)(F)F. The zero-order chi connectivity index (χ0) is 16.7. The van der Waals surface area contributed by atoms with E-state index in [0.29, 0.717) is 6.42 Å². The number of carbonyl (C=O) groups excluding carboxylic acids is 1. The van der Waals surface area contributed by atoms with Crippen LogP contribution >= 0.6 is 0 Å². The van der Waals surface area contributed by atoms with Crippen LogP contribution in [0.5, 0.6) is 0 Å². The van der Waals surface area contributed by atoms with Crippen molar-refractivity contribution >= 4 is 11.9 Å². The zero-order valence-electron chi connectivity index (χ0n) is 12.7. The van der Waals surface area contributed by atoms with Crippen LogP contribution in [-0.2, 0) is 14.3 Å². The molecule has 0 aromatic carbocycles. The van der Waals surface area contributed by atoms with E-state index >= 15 is 0 Å². The topological polar surface area (TPSA) is 63.6 Å². The summed E-state index contributed by atoms with van der Waals surface area (Å²) >= 11 is 0. The van der Waals surface area contributed by atoms with E-state index in [-0.39, 0.29) is 6.61 Å². The molecular weight excluding hydrogens is 289 g/mol. The lowest BCUT2D eigenvalue weighted by Gasteiger charge is -2.02. The standard InChI is InChI=1S/C10H20O2.C4H5F3O2/c1-2-3-4-5-6-7-8-9-10(11)12;1-2-9-3(8)4(5,6)7/h2-9H2,1H3,(H,11,12);2H2,1H3. The molecule has 0 amide bonds. The molecule has 0 bridgehead atoms. The number of hydrogen-bond acceptors (Lipinski definition) is 3. The summed E-state index contributed by atoms with van der Waals surface area (Å²) in [5.41, 5.74) is 0. The average molecular weight is 314 g/mol. The molecule has 0 unspecified atom stereocenters. The fourth-order valence-corrected chi connectivity index (χ4v) is 1.45. The summed E-state index contributed by atoms with van der Waals surface area (Å²) in [4.78, 5) is 19.9. The highest BCUT2D eigenvalue weighted by molar-refractivity contribution is 5.75. The van der Waals surface area contributed by atoms with Crippen molar-refractivity contribution in [2.75, 3.05) is 6.61 Å². The fourth-order valence-electron chi connectivity index (χ4n) is 1.45. The van der Waals surface area contributed by atoms with E-state index in [1.807, 2.05) is 0 Å². The number of carboxylic acids is 1. The van der Waals surface area contributed by atoms with Gasteiger partial charge < -0.3 is 9.84 Å². The predicted octanol–water partition coefficient (Wildman–Crippen LogP) is 4.32. The maximum atomic E-state index is 11.2. The third-order valence-electron chi connectivity index (χ3n) is 2.50. The second kappa shape index (κ2) is 13.7. The van der Waals surface area contributed by atoms with Crippen molar-refractivity contribution in [2.45, 2.75) is 71.4 Å². The number of aliphatic carboxylic acids is 1. The van der Waals surface area contributed by atoms with Gasteiger partial charge in [0.25, 0.3) is 0 Å². The molecule has 1 N–H and O–H groups in total. The maximum absolute atomic E-state index is 11.2. The zero-order valence-corrected chi connectivity index (χ0v) is 12.7. The van der Waals surface area contributed by atoms with Crippen LogP contribution in [-0.4, -0.2) is 29.8 Å². The van der Waals surface area contributed by atoms with Gasteiger partial charge in [-0.15, -0.1) is 0 Å². The van der Waals surface area contributed by atoms with Crippen molar-refractivity contribution in [3.8, 4) is 0 Å². The Bertz CT molecular complexity index is 278. The number of rotatable bonds is 9. The highest BCUT2D eigenvalue weighted by Gasteiger charge is 2.40. The Morgan fingerprint density at radius 3 is 1.76 bits per heavy atom. The van der Waals surface area contributed by atoms with Gasteiger partial charge in [-0.05, 0) is 13.3 Å². The van der Waals surface area contributed by atoms with Gasteiger partial charge in [-0.2, -0.15) is 13.2 Å². The van der Waals surface area contributed by atoms with E-state index in [0.717, 1.165) is 12.8 Å². The van der Waals surface area contributed by atoms with Crippen LogP contribution in [0.2, 0.25) is 0 Å². The molecule has 0 aliphatic carbocycles.